The molecular formula is C17H18F3N3O. The zero-order valence-electron chi connectivity index (χ0n) is 13.2. The minimum atomic E-state index is -4.58. The standard InChI is InChI=1S/C17H18F3N3O/c1-12-6-8-23(9-7-12)11-13(10-21)16(24)22-15-5-3-2-4-14(15)17(18,19)20/h2-5,11-12H,6-9H2,1H3,(H,22,24)/b13-11-. The molecule has 0 radical (unpaired) electrons. The van der Waals surface area contributed by atoms with Gasteiger partial charge in [0.1, 0.15) is 11.6 Å². The fourth-order valence-corrected chi connectivity index (χ4v) is 2.51. The lowest BCUT2D eigenvalue weighted by Crippen LogP contribution is -2.30. The van der Waals surface area contributed by atoms with E-state index >= 15 is 0 Å². The second-order valence-electron chi connectivity index (χ2n) is 5.87. The van der Waals surface area contributed by atoms with Crippen molar-refractivity contribution in [3.63, 3.8) is 0 Å². The topological polar surface area (TPSA) is 56.1 Å². The number of benzene rings is 1. The van der Waals surface area contributed by atoms with E-state index in [4.69, 9.17) is 5.26 Å². The van der Waals surface area contributed by atoms with Crippen LogP contribution < -0.4 is 5.32 Å². The third-order valence-corrected chi connectivity index (χ3v) is 3.98. The highest BCUT2D eigenvalue weighted by Gasteiger charge is 2.33. The number of amides is 1. The summed E-state index contributed by atoms with van der Waals surface area (Å²) in [6, 6.07) is 6.46. The van der Waals surface area contributed by atoms with Crippen LogP contribution in [-0.2, 0) is 11.0 Å². The largest absolute Gasteiger partial charge is 0.418 e. The Morgan fingerprint density at radius 2 is 1.96 bits per heavy atom. The summed E-state index contributed by atoms with van der Waals surface area (Å²) in [7, 11) is 0. The first-order valence-corrected chi connectivity index (χ1v) is 7.65. The molecule has 1 aliphatic rings. The number of hydrogen-bond donors (Lipinski definition) is 1. The van der Waals surface area contributed by atoms with E-state index in [2.05, 4.69) is 12.2 Å². The number of nitriles is 1. The molecule has 1 aromatic rings. The van der Waals surface area contributed by atoms with Crippen molar-refractivity contribution < 1.29 is 18.0 Å². The van der Waals surface area contributed by atoms with E-state index in [1.807, 2.05) is 4.90 Å². The van der Waals surface area contributed by atoms with E-state index in [-0.39, 0.29) is 11.3 Å². The van der Waals surface area contributed by atoms with Gasteiger partial charge >= 0.3 is 6.18 Å². The predicted molar refractivity (Wildman–Crippen MR) is 83.7 cm³/mol. The number of hydrogen-bond acceptors (Lipinski definition) is 3. The van der Waals surface area contributed by atoms with Crippen LogP contribution in [-0.4, -0.2) is 23.9 Å². The van der Waals surface area contributed by atoms with Crippen LogP contribution in [0.1, 0.15) is 25.3 Å². The van der Waals surface area contributed by atoms with Crippen LogP contribution in [0.15, 0.2) is 36.0 Å². The van der Waals surface area contributed by atoms with Crippen LogP contribution in [0.3, 0.4) is 0 Å². The first-order chi connectivity index (χ1) is 11.3. The van der Waals surface area contributed by atoms with Crippen molar-refractivity contribution in [2.75, 3.05) is 18.4 Å². The molecule has 0 spiro atoms. The van der Waals surface area contributed by atoms with Crippen LogP contribution in [0.5, 0.6) is 0 Å². The molecule has 0 aliphatic carbocycles. The molecule has 1 N–H and O–H groups in total. The molecule has 2 rings (SSSR count). The summed E-state index contributed by atoms with van der Waals surface area (Å²) in [5, 5.41) is 11.3. The molecule has 1 amide bonds. The summed E-state index contributed by atoms with van der Waals surface area (Å²) in [5.41, 5.74) is -1.51. The predicted octanol–water partition coefficient (Wildman–Crippen LogP) is 3.78. The smallest absolute Gasteiger partial charge is 0.376 e. The Hall–Kier alpha value is -2.49. The second kappa shape index (κ2) is 7.39. The van der Waals surface area contributed by atoms with Gasteiger partial charge in [-0.05, 0) is 30.9 Å². The van der Waals surface area contributed by atoms with Crippen molar-refractivity contribution in [2.24, 2.45) is 5.92 Å². The van der Waals surface area contributed by atoms with Crippen LogP contribution in [0.2, 0.25) is 0 Å². The highest BCUT2D eigenvalue weighted by Crippen LogP contribution is 2.34. The van der Waals surface area contributed by atoms with Crippen molar-refractivity contribution in [3.05, 3.63) is 41.6 Å². The van der Waals surface area contributed by atoms with Crippen molar-refractivity contribution in [2.45, 2.75) is 25.9 Å². The fraction of sp³-hybridized carbons (Fsp3) is 0.412. The van der Waals surface area contributed by atoms with Crippen molar-refractivity contribution in [1.82, 2.24) is 4.90 Å². The number of piperidine rings is 1. The zero-order valence-corrected chi connectivity index (χ0v) is 13.2. The molecule has 0 aromatic heterocycles. The number of para-hydroxylation sites is 1. The number of nitrogens with zero attached hydrogens (tertiary/aromatic N) is 2. The number of carbonyl (C=O) groups excluding carboxylic acids is 1. The van der Waals surface area contributed by atoms with Gasteiger partial charge in [0.15, 0.2) is 0 Å². The maximum absolute atomic E-state index is 13.0. The molecule has 1 fully saturated rings. The highest BCUT2D eigenvalue weighted by molar-refractivity contribution is 6.06. The average Bonchev–Trinajstić information content (AvgIpc) is 2.53. The molecular weight excluding hydrogens is 319 g/mol. The minimum absolute atomic E-state index is 0.207. The summed E-state index contributed by atoms with van der Waals surface area (Å²) in [6.45, 7) is 3.57. The third kappa shape index (κ3) is 4.51. The van der Waals surface area contributed by atoms with Gasteiger partial charge < -0.3 is 10.2 Å². The maximum atomic E-state index is 13.0. The Balaban J connectivity index is 2.15. The summed E-state index contributed by atoms with van der Waals surface area (Å²) in [4.78, 5) is 14.0. The van der Waals surface area contributed by atoms with Gasteiger partial charge in [0.2, 0.25) is 0 Å². The van der Waals surface area contributed by atoms with Gasteiger partial charge in [-0.2, -0.15) is 18.4 Å². The number of anilines is 1. The van der Waals surface area contributed by atoms with Crippen molar-refractivity contribution in [1.29, 1.82) is 5.26 Å². The quantitative estimate of drug-likeness (QED) is 0.674. The molecule has 4 nitrogen and oxygen atoms in total. The molecule has 128 valence electrons. The second-order valence-corrected chi connectivity index (χ2v) is 5.87. The molecule has 1 heterocycles. The summed E-state index contributed by atoms with van der Waals surface area (Å²) in [5.74, 6) is -0.250. The number of likely N-dealkylation sites (tertiary alicyclic amines) is 1. The number of rotatable bonds is 3. The van der Waals surface area contributed by atoms with Crippen LogP contribution in [0, 0.1) is 17.2 Å². The molecule has 0 unspecified atom stereocenters. The number of halogens is 3. The van der Waals surface area contributed by atoms with Crippen molar-refractivity contribution >= 4 is 11.6 Å². The highest BCUT2D eigenvalue weighted by atomic mass is 19.4. The third-order valence-electron chi connectivity index (χ3n) is 3.98. The van der Waals surface area contributed by atoms with Gasteiger partial charge in [-0.3, -0.25) is 4.79 Å². The fourth-order valence-electron chi connectivity index (χ4n) is 2.51. The van der Waals surface area contributed by atoms with Gasteiger partial charge in [-0.15, -0.1) is 0 Å². The lowest BCUT2D eigenvalue weighted by Gasteiger charge is -2.29. The van der Waals surface area contributed by atoms with E-state index < -0.39 is 17.6 Å². The maximum Gasteiger partial charge on any atom is 0.418 e. The van der Waals surface area contributed by atoms with E-state index in [0.29, 0.717) is 5.92 Å². The van der Waals surface area contributed by atoms with Crippen LogP contribution in [0.4, 0.5) is 18.9 Å². The number of alkyl halides is 3. The van der Waals surface area contributed by atoms with Crippen molar-refractivity contribution in [3.8, 4) is 6.07 Å². The first kappa shape index (κ1) is 17.9. The SMILES string of the molecule is CC1CCN(/C=C(/C#N)C(=O)Nc2ccccc2C(F)(F)F)CC1. The van der Waals surface area contributed by atoms with Gasteiger partial charge in [0, 0.05) is 19.3 Å². The summed E-state index contributed by atoms with van der Waals surface area (Å²) >= 11 is 0. The van der Waals surface area contributed by atoms with E-state index in [1.165, 1.54) is 18.3 Å². The Morgan fingerprint density at radius 1 is 1.33 bits per heavy atom. The Bertz CT molecular complexity index is 668. The molecule has 1 aromatic carbocycles. The molecule has 1 saturated heterocycles. The van der Waals surface area contributed by atoms with Crippen LogP contribution >= 0.6 is 0 Å². The van der Waals surface area contributed by atoms with Gasteiger partial charge in [-0.1, -0.05) is 19.1 Å². The average molecular weight is 337 g/mol. The van der Waals surface area contributed by atoms with E-state index in [9.17, 15) is 18.0 Å². The van der Waals surface area contributed by atoms with Gasteiger partial charge in [0.05, 0.1) is 11.3 Å². The Kier molecular flexibility index (Phi) is 5.50. The van der Waals surface area contributed by atoms with E-state index in [1.54, 1.807) is 6.07 Å². The first-order valence-electron chi connectivity index (χ1n) is 7.65. The summed E-state index contributed by atoms with van der Waals surface area (Å²) < 4.78 is 38.9. The minimum Gasteiger partial charge on any atom is -0.376 e. The van der Waals surface area contributed by atoms with Gasteiger partial charge in [0.25, 0.3) is 5.91 Å². The van der Waals surface area contributed by atoms with Gasteiger partial charge in [-0.25, -0.2) is 0 Å². The number of carbonyl (C=O) groups is 1. The molecule has 1 aliphatic heterocycles. The molecule has 0 atom stereocenters. The molecule has 0 bridgehead atoms. The molecule has 0 saturated carbocycles. The van der Waals surface area contributed by atoms with Crippen LogP contribution in [0.25, 0.3) is 0 Å². The normalized spacial score (nSPS) is 16.6. The molecule has 24 heavy (non-hydrogen) atoms. The summed E-state index contributed by atoms with van der Waals surface area (Å²) in [6.07, 6.45) is -1.25. The Morgan fingerprint density at radius 3 is 2.54 bits per heavy atom. The number of nitrogens with one attached hydrogen (secondary N) is 1. The monoisotopic (exact) mass is 337 g/mol. The lowest BCUT2D eigenvalue weighted by atomic mass is 9.99. The Labute approximate surface area is 138 Å². The van der Waals surface area contributed by atoms with E-state index in [0.717, 1.165) is 38.1 Å². The lowest BCUT2D eigenvalue weighted by molar-refractivity contribution is -0.137. The zero-order chi connectivity index (χ0) is 17.7. The molecule has 7 heteroatoms.